The lowest BCUT2D eigenvalue weighted by molar-refractivity contribution is -0.125. The van der Waals surface area contributed by atoms with Crippen molar-refractivity contribution in [3.05, 3.63) is 0 Å². The van der Waals surface area contributed by atoms with E-state index in [1.54, 1.807) is 0 Å². The van der Waals surface area contributed by atoms with Gasteiger partial charge in [-0.3, -0.25) is 4.79 Å². The van der Waals surface area contributed by atoms with Crippen molar-refractivity contribution in [2.45, 2.75) is 58.1 Å². The van der Waals surface area contributed by atoms with E-state index >= 15 is 0 Å². The Hall–Kier alpha value is -0.610. The van der Waals surface area contributed by atoms with Crippen LogP contribution in [-0.4, -0.2) is 29.7 Å². The van der Waals surface area contributed by atoms with Crippen molar-refractivity contribution in [1.29, 1.82) is 0 Å². The molecule has 0 aliphatic heterocycles. The highest BCUT2D eigenvalue weighted by atomic mass is 16.3. The van der Waals surface area contributed by atoms with Crippen molar-refractivity contribution in [2.24, 2.45) is 11.1 Å². The molecule has 0 radical (unpaired) electrons. The fraction of sp³-hybridized carbons (Fsp3) is 0.917. The summed E-state index contributed by atoms with van der Waals surface area (Å²) < 4.78 is 0. The molecule has 4 N–H and O–H groups in total. The largest absolute Gasteiger partial charge is 0.392 e. The Balaban J connectivity index is 2.43. The van der Waals surface area contributed by atoms with Gasteiger partial charge in [0.15, 0.2) is 0 Å². The number of carbonyl (C=O) groups is 1. The Kier molecular flexibility index (Phi) is 4.74. The Morgan fingerprint density at radius 1 is 1.38 bits per heavy atom. The first-order valence-corrected chi connectivity index (χ1v) is 6.15. The monoisotopic (exact) mass is 228 g/mol. The molecule has 0 aromatic rings. The summed E-state index contributed by atoms with van der Waals surface area (Å²) in [6, 6.07) is 0.112. The lowest BCUT2D eigenvalue weighted by atomic mass is 9.91. The molecule has 0 saturated heterocycles. The van der Waals surface area contributed by atoms with Crippen LogP contribution in [0.25, 0.3) is 0 Å². The third-order valence-electron chi connectivity index (χ3n) is 3.45. The van der Waals surface area contributed by atoms with E-state index in [0.717, 1.165) is 25.7 Å². The molecule has 2 unspecified atom stereocenters. The van der Waals surface area contributed by atoms with Crippen LogP contribution in [0.2, 0.25) is 0 Å². The quantitative estimate of drug-likeness (QED) is 0.622. The number of carbonyl (C=O) groups excluding carboxylic acids is 1. The average molecular weight is 228 g/mol. The van der Waals surface area contributed by atoms with E-state index in [-0.39, 0.29) is 18.1 Å². The van der Waals surface area contributed by atoms with Gasteiger partial charge in [-0.2, -0.15) is 0 Å². The van der Waals surface area contributed by atoms with Crippen LogP contribution < -0.4 is 11.1 Å². The highest BCUT2D eigenvalue weighted by molar-refractivity contribution is 5.80. The number of primary amides is 1. The SMILES string of the molecule is CC(C)(CNC1CCCCCC1O)C(N)=O. The normalized spacial score (nSPS) is 27.4. The van der Waals surface area contributed by atoms with Gasteiger partial charge in [0, 0.05) is 12.6 Å². The molecule has 1 rings (SSSR count). The molecule has 4 nitrogen and oxygen atoms in total. The first-order chi connectivity index (χ1) is 7.43. The minimum absolute atomic E-state index is 0.112. The maximum atomic E-state index is 11.2. The zero-order valence-electron chi connectivity index (χ0n) is 10.3. The van der Waals surface area contributed by atoms with Crippen molar-refractivity contribution < 1.29 is 9.90 Å². The Morgan fingerprint density at radius 2 is 2.00 bits per heavy atom. The van der Waals surface area contributed by atoms with Crippen molar-refractivity contribution in [3.8, 4) is 0 Å². The first-order valence-electron chi connectivity index (χ1n) is 6.15. The molecule has 1 fully saturated rings. The topological polar surface area (TPSA) is 75.3 Å². The highest BCUT2D eigenvalue weighted by Gasteiger charge is 2.28. The maximum Gasteiger partial charge on any atom is 0.224 e. The molecular formula is C12H24N2O2. The predicted molar refractivity (Wildman–Crippen MR) is 63.9 cm³/mol. The summed E-state index contributed by atoms with van der Waals surface area (Å²) in [4.78, 5) is 11.2. The first kappa shape index (κ1) is 13.5. The summed E-state index contributed by atoms with van der Waals surface area (Å²) in [5.74, 6) is -0.303. The summed E-state index contributed by atoms with van der Waals surface area (Å²) in [5.41, 5.74) is 4.76. The van der Waals surface area contributed by atoms with E-state index in [2.05, 4.69) is 5.32 Å². The van der Waals surface area contributed by atoms with Gasteiger partial charge in [-0.25, -0.2) is 0 Å². The lowest BCUT2D eigenvalue weighted by Crippen LogP contribution is -2.47. The Labute approximate surface area is 97.6 Å². The number of nitrogens with one attached hydrogen (secondary N) is 1. The van der Waals surface area contributed by atoms with Gasteiger partial charge in [-0.1, -0.05) is 19.3 Å². The molecule has 1 aliphatic carbocycles. The number of amides is 1. The summed E-state index contributed by atoms with van der Waals surface area (Å²) in [5, 5.41) is 13.2. The van der Waals surface area contributed by atoms with Crippen molar-refractivity contribution in [3.63, 3.8) is 0 Å². The second-order valence-corrected chi connectivity index (χ2v) is 5.44. The molecule has 0 spiro atoms. The van der Waals surface area contributed by atoms with Crippen LogP contribution in [0.4, 0.5) is 0 Å². The van der Waals surface area contributed by atoms with Gasteiger partial charge in [0.1, 0.15) is 0 Å². The van der Waals surface area contributed by atoms with Crippen LogP contribution in [0.5, 0.6) is 0 Å². The molecule has 1 amide bonds. The minimum atomic E-state index is -0.550. The molecule has 0 bridgehead atoms. The number of aliphatic hydroxyl groups is 1. The summed E-state index contributed by atoms with van der Waals surface area (Å²) in [6.45, 7) is 4.18. The maximum absolute atomic E-state index is 11.2. The molecule has 0 aromatic carbocycles. The Bertz CT molecular complexity index is 241. The number of hydrogen-bond donors (Lipinski definition) is 3. The zero-order valence-corrected chi connectivity index (χ0v) is 10.3. The third kappa shape index (κ3) is 3.76. The molecule has 16 heavy (non-hydrogen) atoms. The van der Waals surface area contributed by atoms with E-state index in [1.807, 2.05) is 13.8 Å². The van der Waals surface area contributed by atoms with Crippen molar-refractivity contribution in [1.82, 2.24) is 5.32 Å². The third-order valence-corrected chi connectivity index (χ3v) is 3.45. The van der Waals surface area contributed by atoms with Gasteiger partial charge < -0.3 is 16.2 Å². The van der Waals surface area contributed by atoms with Gasteiger partial charge >= 0.3 is 0 Å². The second-order valence-electron chi connectivity index (χ2n) is 5.44. The van der Waals surface area contributed by atoms with Gasteiger partial charge in [0.2, 0.25) is 5.91 Å². The molecule has 1 aliphatic rings. The minimum Gasteiger partial charge on any atom is -0.392 e. The van der Waals surface area contributed by atoms with Crippen LogP contribution >= 0.6 is 0 Å². The summed E-state index contributed by atoms with van der Waals surface area (Å²) in [7, 11) is 0. The van der Waals surface area contributed by atoms with Gasteiger partial charge in [0.05, 0.1) is 11.5 Å². The van der Waals surface area contributed by atoms with E-state index in [4.69, 9.17) is 5.73 Å². The fourth-order valence-electron chi connectivity index (χ4n) is 2.00. The lowest BCUT2D eigenvalue weighted by Gasteiger charge is -2.27. The van der Waals surface area contributed by atoms with E-state index in [9.17, 15) is 9.90 Å². The molecule has 0 heterocycles. The van der Waals surface area contributed by atoms with E-state index in [1.165, 1.54) is 6.42 Å². The molecular weight excluding hydrogens is 204 g/mol. The molecule has 94 valence electrons. The van der Waals surface area contributed by atoms with Crippen LogP contribution in [0.3, 0.4) is 0 Å². The predicted octanol–water partition coefficient (Wildman–Crippen LogP) is 0.781. The van der Waals surface area contributed by atoms with Crippen molar-refractivity contribution in [2.75, 3.05) is 6.54 Å². The summed E-state index contributed by atoms with van der Waals surface area (Å²) >= 11 is 0. The number of rotatable bonds is 4. The zero-order chi connectivity index (χ0) is 12.2. The van der Waals surface area contributed by atoms with Crippen molar-refractivity contribution >= 4 is 5.91 Å². The van der Waals surface area contributed by atoms with Crippen LogP contribution in [0.15, 0.2) is 0 Å². The number of hydrogen-bond acceptors (Lipinski definition) is 3. The van der Waals surface area contributed by atoms with E-state index in [0.29, 0.717) is 6.54 Å². The van der Waals surface area contributed by atoms with Crippen LogP contribution in [0.1, 0.15) is 46.0 Å². The molecule has 2 atom stereocenters. The fourth-order valence-corrected chi connectivity index (χ4v) is 2.00. The highest BCUT2D eigenvalue weighted by Crippen LogP contribution is 2.19. The van der Waals surface area contributed by atoms with E-state index < -0.39 is 5.41 Å². The van der Waals surface area contributed by atoms with Crippen LogP contribution in [-0.2, 0) is 4.79 Å². The molecule has 1 saturated carbocycles. The Morgan fingerprint density at radius 3 is 2.62 bits per heavy atom. The molecule has 4 heteroatoms. The van der Waals surface area contributed by atoms with Gasteiger partial charge in [-0.15, -0.1) is 0 Å². The van der Waals surface area contributed by atoms with Gasteiger partial charge in [-0.05, 0) is 26.7 Å². The summed E-state index contributed by atoms with van der Waals surface area (Å²) in [6.07, 6.45) is 4.98. The smallest absolute Gasteiger partial charge is 0.224 e. The van der Waals surface area contributed by atoms with Gasteiger partial charge in [0.25, 0.3) is 0 Å². The number of aliphatic hydroxyl groups excluding tert-OH is 1. The molecule has 0 aromatic heterocycles. The average Bonchev–Trinajstić information content (AvgIpc) is 2.40. The number of nitrogens with two attached hydrogens (primary N) is 1. The standard InChI is InChI=1S/C12H24N2O2/c1-12(2,11(13)16)8-14-9-6-4-3-5-7-10(9)15/h9-10,14-15H,3-8H2,1-2H3,(H2,13,16). The second kappa shape index (κ2) is 5.64. The van der Waals surface area contributed by atoms with Crippen LogP contribution in [0, 0.1) is 5.41 Å².